The van der Waals surface area contributed by atoms with Gasteiger partial charge in [-0.15, -0.1) is 0 Å². The van der Waals surface area contributed by atoms with Gasteiger partial charge in [-0.3, -0.25) is 9.59 Å². The number of carboxylic acids is 2. The third-order valence-corrected chi connectivity index (χ3v) is 1.93. The Balaban J connectivity index is -0.0000000843. The van der Waals surface area contributed by atoms with Crippen molar-refractivity contribution in [2.24, 2.45) is 0 Å². The molecule has 9 heteroatoms. The molecule has 4 radical (unpaired) electrons. The molecule has 0 saturated carbocycles. The van der Waals surface area contributed by atoms with E-state index in [2.05, 4.69) is 27.7 Å². The molecule has 156 valence electrons. The van der Waals surface area contributed by atoms with E-state index in [1.165, 1.54) is 0 Å². The fourth-order valence-corrected chi connectivity index (χ4v) is 0.805. The van der Waals surface area contributed by atoms with Crippen molar-refractivity contribution in [2.75, 3.05) is 13.2 Å². The molecule has 0 heterocycles. The van der Waals surface area contributed by atoms with E-state index in [1.54, 1.807) is 0 Å². The zero-order valence-corrected chi connectivity index (χ0v) is 19.7. The van der Waals surface area contributed by atoms with E-state index < -0.39 is 11.9 Å². The molecule has 0 aromatic rings. The Labute approximate surface area is 180 Å². The molecule has 0 spiro atoms. The molecule has 0 aliphatic carbocycles. The molecule has 0 aromatic carbocycles. The van der Waals surface area contributed by atoms with Crippen molar-refractivity contribution in [1.29, 1.82) is 0 Å². The number of aliphatic carboxylic acids is 2. The van der Waals surface area contributed by atoms with E-state index in [-0.39, 0.29) is 48.7 Å². The summed E-state index contributed by atoms with van der Waals surface area (Å²) in [4.78, 5) is 38.6. The van der Waals surface area contributed by atoms with Crippen molar-refractivity contribution < 1.29 is 38.9 Å². The SMILES string of the molecule is CC(=O)[O-].CC(=O)[O-].[CH2]CC(=O)OCCCC.[CH2]CC(=O)OCCCC.[Sn+2]. The minimum absolute atomic E-state index is 0. The smallest absolute Gasteiger partial charge is 0.550 e. The van der Waals surface area contributed by atoms with Crippen molar-refractivity contribution in [1.82, 2.24) is 0 Å². The van der Waals surface area contributed by atoms with Crippen LogP contribution in [0.25, 0.3) is 0 Å². The Hall–Kier alpha value is -1.32. The van der Waals surface area contributed by atoms with Crippen LogP contribution in [-0.2, 0) is 28.7 Å². The van der Waals surface area contributed by atoms with Gasteiger partial charge in [0.05, 0.1) is 13.2 Å². The standard InChI is InChI=1S/2C7H13O2.2C2H4O2.Sn/c2*1-3-5-6-9-7(8)4-2;2*1-2(3)4;/h2*2-6H2,1H3;2*1H3,(H,3,4);/q;;;;+2/p-2. The molecule has 0 amide bonds. The quantitative estimate of drug-likeness (QED) is 0.266. The molecule has 0 rings (SSSR count). The largest absolute Gasteiger partial charge is 2.00 e. The predicted octanol–water partition coefficient (Wildman–Crippen LogP) is 0.239. The molecular weight excluding hydrogens is 463 g/mol. The Morgan fingerprint density at radius 3 is 1.11 bits per heavy atom. The first-order valence-corrected chi connectivity index (χ1v) is 8.33. The first-order valence-electron chi connectivity index (χ1n) is 8.33. The van der Waals surface area contributed by atoms with Gasteiger partial charge in [-0.25, -0.2) is 0 Å². The predicted molar refractivity (Wildman–Crippen MR) is 98.8 cm³/mol. The average molecular weight is 495 g/mol. The van der Waals surface area contributed by atoms with Crippen LogP contribution in [0.4, 0.5) is 0 Å². The summed E-state index contributed by atoms with van der Waals surface area (Å²) in [5, 5.41) is 17.8. The van der Waals surface area contributed by atoms with Crippen molar-refractivity contribution in [3.05, 3.63) is 13.8 Å². The van der Waals surface area contributed by atoms with Crippen LogP contribution in [0.15, 0.2) is 0 Å². The zero-order chi connectivity index (χ0) is 21.4. The third-order valence-electron chi connectivity index (χ3n) is 1.93. The summed E-state index contributed by atoms with van der Waals surface area (Å²) in [6.07, 6.45) is 4.50. The third kappa shape index (κ3) is 79.0. The second kappa shape index (κ2) is 32.4. The van der Waals surface area contributed by atoms with E-state index >= 15 is 0 Å². The van der Waals surface area contributed by atoms with Gasteiger partial charge in [0.1, 0.15) is 0 Å². The maximum atomic E-state index is 10.4. The summed E-state index contributed by atoms with van der Waals surface area (Å²) in [6.45, 7) is 13.9. The summed E-state index contributed by atoms with van der Waals surface area (Å²) in [6, 6.07) is 0. The van der Waals surface area contributed by atoms with Gasteiger partial charge in [-0.2, -0.15) is 0 Å². The van der Waals surface area contributed by atoms with Gasteiger partial charge in [-0.1, -0.05) is 26.7 Å². The van der Waals surface area contributed by atoms with Crippen LogP contribution in [0, 0.1) is 13.8 Å². The summed E-state index contributed by atoms with van der Waals surface area (Å²) in [7, 11) is 0. The number of carboxylic acid groups (broad SMARTS) is 2. The molecule has 8 nitrogen and oxygen atoms in total. The van der Waals surface area contributed by atoms with Gasteiger partial charge in [-0.05, 0) is 40.5 Å². The number of hydrogen-bond donors (Lipinski definition) is 0. The van der Waals surface area contributed by atoms with E-state index in [1.807, 2.05) is 0 Å². The van der Waals surface area contributed by atoms with Crippen LogP contribution in [0.5, 0.6) is 0 Å². The van der Waals surface area contributed by atoms with Crippen LogP contribution in [0.1, 0.15) is 66.2 Å². The second-order valence-electron chi connectivity index (χ2n) is 4.63. The average Bonchev–Trinajstić information content (AvgIpc) is 2.54. The van der Waals surface area contributed by atoms with E-state index in [4.69, 9.17) is 29.3 Å². The monoisotopic (exact) mass is 496 g/mol. The van der Waals surface area contributed by atoms with Gasteiger partial charge in [0.25, 0.3) is 0 Å². The molecule has 27 heavy (non-hydrogen) atoms. The molecule has 0 bridgehead atoms. The molecule has 0 aliphatic rings. The molecule has 0 N–H and O–H groups in total. The summed E-state index contributed by atoms with van der Waals surface area (Å²) in [5.74, 6) is -2.58. The van der Waals surface area contributed by atoms with Crippen LogP contribution >= 0.6 is 0 Å². The Bertz CT molecular complexity index is 317. The van der Waals surface area contributed by atoms with Crippen molar-refractivity contribution in [3.63, 3.8) is 0 Å². The zero-order valence-electron chi connectivity index (χ0n) is 16.8. The van der Waals surface area contributed by atoms with Crippen LogP contribution in [-0.4, -0.2) is 61.0 Å². The molecular formula is C18H32O8Sn. The van der Waals surface area contributed by atoms with Gasteiger partial charge >= 0.3 is 35.8 Å². The summed E-state index contributed by atoms with van der Waals surface area (Å²) < 4.78 is 9.46. The second-order valence-corrected chi connectivity index (χ2v) is 4.63. The van der Waals surface area contributed by atoms with Crippen molar-refractivity contribution in [3.8, 4) is 0 Å². The minimum atomic E-state index is -1.08. The molecule has 0 unspecified atom stereocenters. The minimum Gasteiger partial charge on any atom is -0.550 e. The van der Waals surface area contributed by atoms with Crippen LogP contribution < -0.4 is 10.2 Å². The van der Waals surface area contributed by atoms with Gasteiger partial charge in [0, 0.05) is 24.8 Å². The van der Waals surface area contributed by atoms with Crippen LogP contribution in [0.2, 0.25) is 0 Å². The van der Waals surface area contributed by atoms with E-state index in [9.17, 15) is 9.59 Å². The number of ether oxygens (including phenoxy) is 2. The summed E-state index contributed by atoms with van der Waals surface area (Å²) in [5.41, 5.74) is 0. The van der Waals surface area contributed by atoms with Gasteiger partial charge in [0.15, 0.2) is 0 Å². The fourth-order valence-electron chi connectivity index (χ4n) is 0.805. The fraction of sp³-hybridized carbons (Fsp3) is 0.667. The molecule has 0 saturated heterocycles. The number of esters is 2. The Morgan fingerprint density at radius 2 is 0.963 bits per heavy atom. The van der Waals surface area contributed by atoms with Crippen molar-refractivity contribution in [2.45, 2.75) is 66.2 Å². The first-order chi connectivity index (χ1) is 12.1. The van der Waals surface area contributed by atoms with Gasteiger partial charge in [0.2, 0.25) is 0 Å². The maximum Gasteiger partial charge on any atom is 2.00 e. The van der Waals surface area contributed by atoms with Crippen molar-refractivity contribution >= 4 is 47.8 Å². The van der Waals surface area contributed by atoms with Gasteiger partial charge < -0.3 is 29.3 Å². The van der Waals surface area contributed by atoms with E-state index in [0.29, 0.717) is 13.2 Å². The number of rotatable bonds is 8. The van der Waals surface area contributed by atoms with Crippen LogP contribution in [0.3, 0.4) is 0 Å². The Kier molecular flexibility index (Phi) is 43.8. The summed E-state index contributed by atoms with van der Waals surface area (Å²) >= 11 is 0. The normalized spacial score (nSPS) is 7.93. The van der Waals surface area contributed by atoms with E-state index in [0.717, 1.165) is 39.5 Å². The number of hydrogen-bond acceptors (Lipinski definition) is 8. The topological polar surface area (TPSA) is 133 Å². The maximum absolute atomic E-state index is 10.4. The first kappa shape index (κ1) is 36.6. The number of unbranched alkanes of at least 4 members (excludes halogenated alkanes) is 2. The Morgan fingerprint density at radius 1 is 0.741 bits per heavy atom. The number of carbonyl (C=O) groups excluding carboxylic acids is 4. The number of carbonyl (C=O) groups is 4. The molecule has 0 aromatic heterocycles. The molecule has 0 atom stereocenters. The molecule has 0 fully saturated rings. The molecule has 0 aliphatic heterocycles.